The third kappa shape index (κ3) is 3.59. The van der Waals surface area contributed by atoms with E-state index in [2.05, 4.69) is 4.98 Å². The van der Waals surface area contributed by atoms with Gasteiger partial charge in [0.15, 0.2) is 0 Å². The van der Waals surface area contributed by atoms with Gasteiger partial charge >= 0.3 is 0 Å². The fourth-order valence-corrected chi connectivity index (χ4v) is 2.32. The van der Waals surface area contributed by atoms with Crippen LogP contribution in [-0.4, -0.2) is 46.0 Å². The van der Waals surface area contributed by atoms with Crippen LogP contribution in [-0.2, 0) is 22.1 Å². The molecule has 0 bridgehead atoms. The number of sulfonamides is 1. The highest BCUT2D eigenvalue weighted by Gasteiger charge is 2.11. The van der Waals surface area contributed by atoms with Gasteiger partial charge in [-0.15, -0.1) is 0 Å². The van der Waals surface area contributed by atoms with Crippen molar-refractivity contribution in [3.63, 3.8) is 0 Å². The van der Waals surface area contributed by atoms with Crippen molar-refractivity contribution in [1.29, 1.82) is 0 Å². The Kier molecular flexibility index (Phi) is 3.08. The lowest BCUT2D eigenvalue weighted by Gasteiger charge is -2.08. The van der Waals surface area contributed by atoms with E-state index in [0.717, 1.165) is 7.05 Å². The highest BCUT2D eigenvalue weighted by Crippen LogP contribution is 2.21. The zero-order valence-electron chi connectivity index (χ0n) is 15.7. The summed E-state index contributed by atoms with van der Waals surface area (Å²) < 4.78 is 58.3. The third-order valence-corrected chi connectivity index (χ3v) is 3.83. The quantitative estimate of drug-likeness (QED) is 0.845. The molecular formula is C14H21N3O2S. The van der Waals surface area contributed by atoms with Crippen LogP contribution in [0.3, 0.4) is 0 Å². The van der Waals surface area contributed by atoms with E-state index in [0.29, 0.717) is 16.5 Å². The van der Waals surface area contributed by atoms with E-state index in [4.69, 9.17) is 5.48 Å². The minimum absolute atomic E-state index is 0.0501. The summed E-state index contributed by atoms with van der Waals surface area (Å²) in [4.78, 5) is 4.67. The molecule has 1 aromatic heterocycles. The zero-order chi connectivity index (χ0) is 18.3. The molecule has 0 aliphatic carbocycles. The molecule has 0 atom stereocenters. The molecule has 0 aliphatic rings. The van der Waals surface area contributed by atoms with Gasteiger partial charge in [0.25, 0.3) is 0 Å². The maximum Gasteiger partial charge on any atom is 0.215 e. The first-order valence-electron chi connectivity index (χ1n) is 8.12. The number of fused-ring (bicyclic) bond motifs is 1. The molecule has 2 aromatic rings. The van der Waals surface area contributed by atoms with Gasteiger partial charge in [-0.1, -0.05) is 6.07 Å². The average molecular weight is 299 g/mol. The predicted octanol–water partition coefficient (Wildman–Crippen LogP) is 1.32. The van der Waals surface area contributed by atoms with Crippen LogP contribution in [0.15, 0.2) is 24.4 Å². The number of H-pyrrole nitrogens is 1. The van der Waals surface area contributed by atoms with E-state index in [9.17, 15) is 8.42 Å². The van der Waals surface area contributed by atoms with E-state index in [1.807, 2.05) is 4.72 Å². The van der Waals surface area contributed by atoms with E-state index in [1.165, 1.54) is 12.1 Å². The Morgan fingerprint density at radius 2 is 2.15 bits per heavy atom. The Morgan fingerprint density at radius 1 is 1.40 bits per heavy atom. The first kappa shape index (κ1) is 10.4. The van der Waals surface area contributed by atoms with Crippen LogP contribution >= 0.6 is 0 Å². The first-order valence-corrected chi connectivity index (χ1v) is 7.60. The standard InChI is InChI=1S/C14H21N3O2S/c1-15-20(18,19)10-11-4-5-14-13(8-11)12(9-16-14)6-7-17(2)3/h4-5,8-9,15-16H,6-7,10H2,1-3H3/i6D2,10D2. The summed E-state index contributed by atoms with van der Waals surface area (Å²) in [6, 6.07) is 4.34. The molecule has 0 unspecified atom stereocenters. The first-order chi connectivity index (χ1) is 10.9. The molecular weight excluding hydrogens is 274 g/mol. The van der Waals surface area contributed by atoms with Crippen LogP contribution in [0.25, 0.3) is 10.9 Å². The van der Waals surface area contributed by atoms with E-state index in [-0.39, 0.29) is 12.1 Å². The lowest BCUT2D eigenvalue weighted by atomic mass is 10.1. The number of hydrogen-bond acceptors (Lipinski definition) is 3. The number of nitrogens with one attached hydrogen (secondary N) is 2. The van der Waals surface area contributed by atoms with Crippen molar-refractivity contribution in [2.45, 2.75) is 12.1 Å². The van der Waals surface area contributed by atoms with Gasteiger partial charge in [0, 0.05) is 29.1 Å². The summed E-state index contributed by atoms with van der Waals surface area (Å²) in [5, 5.41) is 0.467. The van der Waals surface area contributed by atoms with Gasteiger partial charge in [-0.2, -0.15) is 0 Å². The zero-order valence-corrected chi connectivity index (χ0v) is 12.5. The van der Waals surface area contributed by atoms with Crippen LogP contribution in [0.2, 0.25) is 0 Å². The third-order valence-electron chi connectivity index (χ3n) is 2.79. The van der Waals surface area contributed by atoms with Gasteiger partial charge in [0.05, 0.1) is 5.70 Å². The highest BCUT2D eigenvalue weighted by atomic mass is 32.2. The van der Waals surface area contributed by atoms with Crippen LogP contribution in [0, 0.1) is 0 Å². The second kappa shape index (κ2) is 5.95. The Morgan fingerprint density at radius 3 is 2.80 bits per heavy atom. The number of aromatic nitrogens is 1. The van der Waals surface area contributed by atoms with E-state index in [1.54, 1.807) is 31.3 Å². The number of likely N-dealkylation sites (N-methyl/N-ethyl adjacent to an activating group) is 1. The molecule has 20 heavy (non-hydrogen) atoms. The molecule has 6 heteroatoms. The lowest BCUT2D eigenvalue weighted by Crippen LogP contribution is -2.20. The van der Waals surface area contributed by atoms with Crippen molar-refractivity contribution < 1.29 is 13.9 Å². The fourth-order valence-electron chi connectivity index (χ4n) is 1.78. The van der Waals surface area contributed by atoms with Gasteiger partial charge in [-0.3, -0.25) is 0 Å². The smallest absolute Gasteiger partial charge is 0.215 e. The molecule has 2 rings (SSSR count). The topological polar surface area (TPSA) is 65.2 Å². The molecule has 0 spiro atoms. The molecule has 0 radical (unpaired) electrons. The van der Waals surface area contributed by atoms with Crippen LogP contribution < -0.4 is 4.72 Å². The van der Waals surface area contributed by atoms with E-state index < -0.39 is 22.1 Å². The van der Waals surface area contributed by atoms with E-state index >= 15 is 0 Å². The summed E-state index contributed by atoms with van der Waals surface area (Å²) in [6.45, 7) is 0.145. The van der Waals surface area contributed by atoms with Gasteiger partial charge in [0.1, 0.15) is 0 Å². The molecule has 0 amide bonds. The molecule has 0 saturated heterocycles. The van der Waals surface area contributed by atoms with Crippen molar-refractivity contribution in [1.82, 2.24) is 14.6 Å². The number of nitrogens with zero attached hydrogens (tertiary/aromatic N) is 1. The molecule has 0 aliphatic heterocycles. The molecule has 5 nitrogen and oxygen atoms in total. The number of rotatable bonds is 6. The Balaban J connectivity index is 2.61. The number of benzene rings is 1. The van der Waals surface area contributed by atoms with Gasteiger partial charge in [-0.25, -0.2) is 13.1 Å². The van der Waals surface area contributed by atoms with Crippen molar-refractivity contribution in [2.75, 3.05) is 27.7 Å². The minimum Gasteiger partial charge on any atom is -0.361 e. The Labute approximate surface area is 125 Å². The Bertz CT molecular complexity index is 847. The maximum atomic E-state index is 11.9. The fraction of sp³-hybridized carbons (Fsp3) is 0.429. The van der Waals surface area contributed by atoms with Crippen molar-refractivity contribution >= 4 is 20.9 Å². The predicted molar refractivity (Wildman–Crippen MR) is 82.2 cm³/mol. The average Bonchev–Trinajstić information content (AvgIpc) is 2.89. The minimum atomic E-state index is -4.20. The van der Waals surface area contributed by atoms with Gasteiger partial charge in [0.2, 0.25) is 10.0 Å². The molecule has 110 valence electrons. The highest BCUT2D eigenvalue weighted by molar-refractivity contribution is 7.88. The van der Waals surface area contributed by atoms with Crippen molar-refractivity contribution in [2.24, 2.45) is 0 Å². The summed E-state index contributed by atoms with van der Waals surface area (Å²) >= 11 is 0. The van der Waals surface area contributed by atoms with Crippen molar-refractivity contribution in [3.8, 4) is 0 Å². The van der Waals surface area contributed by atoms with Gasteiger partial charge < -0.3 is 9.88 Å². The second-order valence-electron chi connectivity index (χ2n) is 4.69. The lowest BCUT2D eigenvalue weighted by molar-refractivity contribution is 0.414. The summed E-state index contributed by atoms with van der Waals surface area (Å²) in [5.41, 5.74) is -1.69. The van der Waals surface area contributed by atoms with Gasteiger partial charge in [-0.05, 0) is 50.8 Å². The number of hydrogen-bond donors (Lipinski definition) is 2. The monoisotopic (exact) mass is 299 g/mol. The van der Waals surface area contributed by atoms with Crippen LogP contribution in [0.5, 0.6) is 0 Å². The Hall–Kier alpha value is -1.37. The largest absolute Gasteiger partial charge is 0.361 e. The van der Waals surface area contributed by atoms with Crippen LogP contribution in [0.1, 0.15) is 16.6 Å². The SMILES string of the molecule is [2H]C([2H])(CN(C)C)c1c[nH]c2ccc(C([2H])([2H])S(=O)(=O)NC)cc12. The normalized spacial score (nSPS) is 16.8. The molecule has 2 N–H and O–H groups in total. The molecule has 1 aromatic carbocycles. The summed E-state index contributed by atoms with van der Waals surface area (Å²) in [7, 11) is 0.477. The molecule has 1 heterocycles. The van der Waals surface area contributed by atoms with Crippen LogP contribution in [0.4, 0.5) is 0 Å². The molecule has 0 fully saturated rings. The molecule has 0 saturated carbocycles. The van der Waals surface area contributed by atoms with Crippen molar-refractivity contribution in [3.05, 3.63) is 35.5 Å². The maximum absolute atomic E-state index is 11.9. The summed E-state index contributed by atoms with van der Waals surface area (Å²) in [6.07, 6.45) is -0.130. The summed E-state index contributed by atoms with van der Waals surface area (Å²) in [5.74, 6) is 0. The number of aromatic amines is 1. The second-order valence-corrected chi connectivity index (χ2v) is 6.31.